The summed E-state index contributed by atoms with van der Waals surface area (Å²) in [6.45, 7) is 4.96. The highest BCUT2D eigenvalue weighted by Crippen LogP contribution is 2.22. The van der Waals surface area contributed by atoms with Crippen LogP contribution in [0.3, 0.4) is 0 Å². The van der Waals surface area contributed by atoms with Crippen LogP contribution in [0.25, 0.3) is 0 Å². The number of anilines is 1. The molecule has 1 amide bonds. The van der Waals surface area contributed by atoms with Gasteiger partial charge in [0.15, 0.2) is 0 Å². The number of piperazine rings is 1. The Balaban J connectivity index is 0.00000200. The molecule has 2 N–H and O–H groups in total. The van der Waals surface area contributed by atoms with E-state index in [-0.39, 0.29) is 23.3 Å². The number of amides is 1. The van der Waals surface area contributed by atoms with Gasteiger partial charge in [0.25, 0.3) is 0 Å². The van der Waals surface area contributed by atoms with Crippen molar-refractivity contribution in [2.24, 2.45) is 0 Å². The molecular weight excluding hydrogens is 304 g/mol. The van der Waals surface area contributed by atoms with Crippen LogP contribution >= 0.6 is 24.0 Å². The maximum atomic E-state index is 12.9. The summed E-state index contributed by atoms with van der Waals surface area (Å²) in [4.78, 5) is 14.0. The summed E-state index contributed by atoms with van der Waals surface area (Å²) in [5.41, 5.74) is 0.441. The van der Waals surface area contributed by atoms with Crippen molar-refractivity contribution < 1.29 is 9.18 Å². The van der Waals surface area contributed by atoms with E-state index in [0.29, 0.717) is 18.3 Å². The third-order valence-electron chi connectivity index (χ3n) is 3.03. The molecular formula is C13H18Cl2FN3O. The van der Waals surface area contributed by atoms with E-state index in [1.165, 1.54) is 18.2 Å². The monoisotopic (exact) mass is 321 g/mol. The Morgan fingerprint density at radius 2 is 2.35 bits per heavy atom. The van der Waals surface area contributed by atoms with Gasteiger partial charge in [0.05, 0.1) is 17.3 Å². The lowest BCUT2D eigenvalue weighted by atomic mass is 10.2. The van der Waals surface area contributed by atoms with Gasteiger partial charge in [0.1, 0.15) is 5.82 Å². The average Bonchev–Trinajstić information content (AvgIpc) is 2.33. The Kier molecular flexibility index (Phi) is 6.68. The molecule has 1 unspecified atom stereocenters. The minimum atomic E-state index is -0.418. The van der Waals surface area contributed by atoms with Crippen molar-refractivity contribution in [2.75, 3.05) is 31.5 Å². The molecule has 0 saturated carbocycles. The largest absolute Gasteiger partial charge is 0.324 e. The van der Waals surface area contributed by atoms with Crippen molar-refractivity contribution in [3.8, 4) is 0 Å². The molecule has 7 heteroatoms. The number of hydrogen-bond acceptors (Lipinski definition) is 3. The van der Waals surface area contributed by atoms with Gasteiger partial charge in [-0.25, -0.2) is 4.39 Å². The SMILES string of the molecule is CC1CN(CC(=O)Nc2ccc(F)cc2Cl)CCN1.Cl. The number of nitrogens with one attached hydrogen (secondary N) is 2. The summed E-state index contributed by atoms with van der Waals surface area (Å²) in [7, 11) is 0. The van der Waals surface area contributed by atoms with Crippen LogP contribution in [0.2, 0.25) is 5.02 Å². The van der Waals surface area contributed by atoms with E-state index in [9.17, 15) is 9.18 Å². The van der Waals surface area contributed by atoms with Gasteiger partial charge in [-0.1, -0.05) is 11.6 Å². The van der Waals surface area contributed by atoms with Crippen molar-refractivity contribution in [1.82, 2.24) is 10.2 Å². The summed E-state index contributed by atoms with van der Waals surface area (Å²) in [6, 6.07) is 4.31. The number of carbonyl (C=O) groups is 1. The number of benzene rings is 1. The fourth-order valence-electron chi connectivity index (χ4n) is 2.14. The third-order valence-corrected chi connectivity index (χ3v) is 3.34. The number of rotatable bonds is 3. The van der Waals surface area contributed by atoms with Crippen LogP contribution in [-0.2, 0) is 4.79 Å². The Bertz CT molecular complexity index is 473. The quantitative estimate of drug-likeness (QED) is 0.896. The second-order valence-corrected chi connectivity index (χ2v) is 5.17. The van der Waals surface area contributed by atoms with Gasteiger partial charge in [-0.3, -0.25) is 9.69 Å². The van der Waals surface area contributed by atoms with Gasteiger partial charge in [0.2, 0.25) is 5.91 Å². The standard InChI is InChI=1S/C13H17ClFN3O.ClH/c1-9-7-18(5-4-16-9)8-13(19)17-12-3-2-10(15)6-11(12)14;/h2-3,6,9,16H,4-5,7-8H2,1H3,(H,17,19);1H. The molecule has 2 rings (SSSR count). The predicted molar refractivity (Wildman–Crippen MR) is 81.2 cm³/mol. The van der Waals surface area contributed by atoms with Crippen LogP contribution in [0.15, 0.2) is 18.2 Å². The maximum Gasteiger partial charge on any atom is 0.238 e. The first kappa shape index (κ1) is 17.2. The molecule has 1 aliphatic heterocycles. The zero-order chi connectivity index (χ0) is 13.8. The van der Waals surface area contributed by atoms with Gasteiger partial charge in [0, 0.05) is 25.7 Å². The van der Waals surface area contributed by atoms with Gasteiger partial charge >= 0.3 is 0 Å². The van der Waals surface area contributed by atoms with E-state index >= 15 is 0 Å². The minimum absolute atomic E-state index is 0. The normalized spacial score (nSPS) is 19.2. The van der Waals surface area contributed by atoms with Crippen LogP contribution in [0.1, 0.15) is 6.92 Å². The van der Waals surface area contributed by atoms with E-state index in [1.54, 1.807) is 0 Å². The second kappa shape index (κ2) is 7.78. The van der Waals surface area contributed by atoms with E-state index < -0.39 is 5.82 Å². The summed E-state index contributed by atoms with van der Waals surface area (Å²) in [5.74, 6) is -0.554. The smallest absolute Gasteiger partial charge is 0.238 e. The fraction of sp³-hybridized carbons (Fsp3) is 0.462. The third kappa shape index (κ3) is 4.90. The summed E-state index contributed by atoms with van der Waals surface area (Å²) >= 11 is 5.86. The molecule has 20 heavy (non-hydrogen) atoms. The number of halogens is 3. The van der Waals surface area contributed by atoms with Crippen LogP contribution < -0.4 is 10.6 Å². The second-order valence-electron chi connectivity index (χ2n) is 4.76. The average molecular weight is 322 g/mol. The minimum Gasteiger partial charge on any atom is -0.324 e. The Morgan fingerprint density at radius 1 is 1.60 bits per heavy atom. The lowest BCUT2D eigenvalue weighted by Gasteiger charge is -2.31. The van der Waals surface area contributed by atoms with Crippen molar-refractivity contribution in [1.29, 1.82) is 0 Å². The molecule has 0 spiro atoms. The Hall–Kier alpha value is -0.880. The van der Waals surface area contributed by atoms with E-state index in [1.807, 2.05) is 0 Å². The van der Waals surface area contributed by atoms with Crippen LogP contribution in [0, 0.1) is 5.82 Å². The fourth-order valence-corrected chi connectivity index (χ4v) is 2.35. The number of nitrogens with zero attached hydrogens (tertiary/aromatic N) is 1. The lowest BCUT2D eigenvalue weighted by Crippen LogP contribution is -2.51. The highest BCUT2D eigenvalue weighted by atomic mass is 35.5. The summed E-state index contributed by atoms with van der Waals surface area (Å²) in [6.07, 6.45) is 0. The lowest BCUT2D eigenvalue weighted by molar-refractivity contribution is -0.117. The first-order valence-electron chi connectivity index (χ1n) is 6.25. The molecule has 0 bridgehead atoms. The molecule has 0 aliphatic carbocycles. The zero-order valence-corrected chi connectivity index (χ0v) is 12.7. The van der Waals surface area contributed by atoms with Crippen LogP contribution in [0.5, 0.6) is 0 Å². The Morgan fingerprint density at radius 3 is 3.00 bits per heavy atom. The van der Waals surface area contributed by atoms with Gasteiger partial charge in [-0.05, 0) is 25.1 Å². The van der Waals surface area contributed by atoms with Crippen molar-refractivity contribution in [2.45, 2.75) is 13.0 Å². The van der Waals surface area contributed by atoms with E-state index in [2.05, 4.69) is 22.5 Å². The van der Waals surface area contributed by atoms with Crippen molar-refractivity contribution in [3.05, 3.63) is 29.0 Å². The molecule has 1 aliphatic rings. The number of carbonyl (C=O) groups excluding carboxylic acids is 1. The molecule has 0 radical (unpaired) electrons. The van der Waals surface area contributed by atoms with E-state index in [4.69, 9.17) is 11.6 Å². The molecule has 1 atom stereocenters. The predicted octanol–water partition coefficient (Wildman–Crippen LogP) is 2.13. The van der Waals surface area contributed by atoms with E-state index in [0.717, 1.165) is 19.6 Å². The van der Waals surface area contributed by atoms with Crippen molar-refractivity contribution in [3.63, 3.8) is 0 Å². The highest BCUT2D eigenvalue weighted by molar-refractivity contribution is 6.33. The molecule has 1 aromatic rings. The van der Waals surface area contributed by atoms with Crippen LogP contribution in [-0.4, -0.2) is 43.0 Å². The number of hydrogen-bond donors (Lipinski definition) is 2. The molecule has 1 aromatic carbocycles. The summed E-state index contributed by atoms with van der Waals surface area (Å²) in [5, 5.41) is 6.22. The first-order chi connectivity index (χ1) is 9.04. The topological polar surface area (TPSA) is 44.4 Å². The highest BCUT2D eigenvalue weighted by Gasteiger charge is 2.18. The zero-order valence-electron chi connectivity index (χ0n) is 11.2. The van der Waals surface area contributed by atoms with Gasteiger partial charge < -0.3 is 10.6 Å². The molecule has 112 valence electrons. The maximum absolute atomic E-state index is 12.9. The first-order valence-corrected chi connectivity index (χ1v) is 6.63. The molecule has 1 fully saturated rings. The molecule has 1 heterocycles. The Labute approximate surface area is 129 Å². The molecule has 1 saturated heterocycles. The molecule has 0 aromatic heterocycles. The van der Waals surface area contributed by atoms with Gasteiger partial charge in [-0.15, -0.1) is 12.4 Å². The van der Waals surface area contributed by atoms with Crippen molar-refractivity contribution >= 4 is 35.6 Å². The van der Waals surface area contributed by atoms with Gasteiger partial charge in [-0.2, -0.15) is 0 Å². The van der Waals surface area contributed by atoms with Crippen LogP contribution in [0.4, 0.5) is 10.1 Å². The summed E-state index contributed by atoms with van der Waals surface area (Å²) < 4.78 is 12.9. The molecule has 4 nitrogen and oxygen atoms in total.